The van der Waals surface area contributed by atoms with Crippen molar-refractivity contribution in [1.29, 1.82) is 0 Å². The monoisotopic (exact) mass is 394 g/mol. The Morgan fingerprint density at radius 3 is 2.11 bits per heavy atom. The summed E-state index contributed by atoms with van der Waals surface area (Å²) >= 11 is 0. The second-order valence-corrected chi connectivity index (χ2v) is 10.5. The van der Waals surface area contributed by atoms with Crippen molar-refractivity contribution in [2.75, 3.05) is 19.3 Å². The minimum atomic E-state index is -3.28. The highest BCUT2D eigenvalue weighted by Crippen LogP contribution is 2.24. The van der Waals surface area contributed by atoms with E-state index in [4.69, 9.17) is 0 Å². The van der Waals surface area contributed by atoms with Crippen molar-refractivity contribution in [1.82, 2.24) is 9.62 Å². The van der Waals surface area contributed by atoms with Crippen LogP contribution >= 0.6 is 0 Å². The topological polar surface area (TPSA) is 66.5 Å². The van der Waals surface area contributed by atoms with Gasteiger partial charge in [0.25, 0.3) is 5.91 Å². The van der Waals surface area contributed by atoms with E-state index >= 15 is 0 Å². The summed E-state index contributed by atoms with van der Waals surface area (Å²) in [6.07, 6.45) is 7.59. The number of hydrogen-bond acceptors (Lipinski definition) is 3. The van der Waals surface area contributed by atoms with Crippen molar-refractivity contribution in [2.24, 2.45) is 0 Å². The lowest BCUT2D eigenvalue weighted by atomic mass is 9.87. The van der Waals surface area contributed by atoms with E-state index in [1.807, 2.05) is 24.3 Å². The number of hydrogen-bond donors (Lipinski definition) is 1. The van der Waals surface area contributed by atoms with Gasteiger partial charge in [0, 0.05) is 24.7 Å². The predicted molar refractivity (Wildman–Crippen MR) is 111 cm³/mol. The van der Waals surface area contributed by atoms with Crippen LogP contribution < -0.4 is 5.32 Å². The third-order valence-corrected chi connectivity index (χ3v) is 6.62. The number of sulfonamides is 1. The number of amides is 1. The average Bonchev–Trinajstić information content (AvgIpc) is 2.86. The van der Waals surface area contributed by atoms with E-state index < -0.39 is 10.0 Å². The number of benzene rings is 1. The average molecular weight is 395 g/mol. The first-order valence-electron chi connectivity index (χ1n) is 9.94. The van der Waals surface area contributed by atoms with Gasteiger partial charge in [0.05, 0.1) is 6.26 Å². The van der Waals surface area contributed by atoms with Crippen molar-refractivity contribution in [2.45, 2.75) is 70.8 Å². The van der Waals surface area contributed by atoms with Crippen molar-refractivity contribution >= 4 is 15.9 Å². The van der Waals surface area contributed by atoms with E-state index in [0.29, 0.717) is 18.7 Å². The Bertz CT molecular complexity index is 713. The predicted octanol–water partition coefficient (Wildman–Crippen LogP) is 3.70. The fourth-order valence-electron chi connectivity index (χ4n) is 3.67. The van der Waals surface area contributed by atoms with E-state index in [9.17, 15) is 13.2 Å². The van der Waals surface area contributed by atoms with Crippen LogP contribution in [-0.2, 0) is 15.4 Å². The van der Waals surface area contributed by atoms with Crippen molar-refractivity contribution in [3.8, 4) is 0 Å². The first-order chi connectivity index (χ1) is 12.6. The van der Waals surface area contributed by atoms with Gasteiger partial charge in [-0.05, 0) is 36.0 Å². The lowest BCUT2D eigenvalue weighted by molar-refractivity contribution is 0.0950. The zero-order chi connectivity index (χ0) is 20.1. The molecule has 1 aromatic rings. The molecule has 1 aliphatic rings. The molecule has 1 amide bonds. The van der Waals surface area contributed by atoms with Crippen LogP contribution in [0.4, 0.5) is 0 Å². The summed E-state index contributed by atoms with van der Waals surface area (Å²) < 4.78 is 26.1. The standard InChI is InChI=1S/C21H34N2O3S/c1-21(2,3)18-13-11-17(12-14-18)20(24)22-15-16-23(27(4,25)26)19-9-7-5-6-8-10-19/h11-14,19H,5-10,15-16H2,1-4H3,(H,22,24). The molecule has 152 valence electrons. The molecular weight excluding hydrogens is 360 g/mol. The van der Waals surface area contributed by atoms with Crippen molar-refractivity contribution < 1.29 is 13.2 Å². The van der Waals surface area contributed by atoms with Gasteiger partial charge < -0.3 is 5.32 Å². The molecule has 0 spiro atoms. The fourth-order valence-corrected chi connectivity index (χ4v) is 4.84. The Labute approximate surface area is 164 Å². The summed E-state index contributed by atoms with van der Waals surface area (Å²) in [7, 11) is -3.28. The van der Waals surface area contributed by atoms with E-state index in [0.717, 1.165) is 25.7 Å². The highest BCUT2D eigenvalue weighted by atomic mass is 32.2. The Hall–Kier alpha value is -1.40. The van der Waals surface area contributed by atoms with Crippen LogP contribution in [0.25, 0.3) is 0 Å². The summed E-state index contributed by atoms with van der Waals surface area (Å²) in [4.78, 5) is 12.4. The van der Waals surface area contributed by atoms with Crippen molar-refractivity contribution in [3.63, 3.8) is 0 Å². The zero-order valence-corrected chi connectivity index (χ0v) is 17.9. The lowest BCUT2D eigenvalue weighted by Gasteiger charge is -2.29. The number of nitrogens with zero attached hydrogens (tertiary/aromatic N) is 1. The second-order valence-electron chi connectivity index (χ2n) is 8.60. The quantitative estimate of drug-likeness (QED) is 0.748. The summed E-state index contributed by atoms with van der Waals surface area (Å²) in [6, 6.07) is 7.67. The fraction of sp³-hybridized carbons (Fsp3) is 0.667. The van der Waals surface area contributed by atoms with E-state index in [2.05, 4.69) is 26.1 Å². The van der Waals surface area contributed by atoms with Gasteiger partial charge in [-0.1, -0.05) is 58.6 Å². The third-order valence-electron chi connectivity index (χ3n) is 5.29. The largest absolute Gasteiger partial charge is 0.351 e. The molecule has 2 rings (SSSR count). The molecule has 1 aliphatic carbocycles. The first-order valence-corrected chi connectivity index (χ1v) is 11.8. The van der Waals surface area contributed by atoms with Gasteiger partial charge in [-0.15, -0.1) is 0 Å². The highest BCUT2D eigenvalue weighted by Gasteiger charge is 2.27. The third kappa shape index (κ3) is 6.61. The van der Waals surface area contributed by atoms with Gasteiger partial charge in [-0.3, -0.25) is 4.79 Å². The second kappa shape index (κ2) is 9.20. The Morgan fingerprint density at radius 1 is 1.07 bits per heavy atom. The summed E-state index contributed by atoms with van der Waals surface area (Å²) in [5.74, 6) is -0.162. The molecule has 1 N–H and O–H groups in total. The molecular formula is C21H34N2O3S. The summed E-state index contributed by atoms with van der Waals surface area (Å²) in [5.41, 5.74) is 1.82. The van der Waals surface area contributed by atoms with Gasteiger partial charge in [0.2, 0.25) is 10.0 Å². The molecule has 0 radical (unpaired) electrons. The molecule has 0 bridgehead atoms. The highest BCUT2D eigenvalue weighted by molar-refractivity contribution is 7.88. The van der Waals surface area contributed by atoms with Gasteiger partial charge in [0.1, 0.15) is 0 Å². The lowest BCUT2D eigenvalue weighted by Crippen LogP contribution is -2.44. The van der Waals surface area contributed by atoms with Gasteiger partial charge in [0.15, 0.2) is 0 Å². The van der Waals surface area contributed by atoms with Gasteiger partial charge >= 0.3 is 0 Å². The molecule has 27 heavy (non-hydrogen) atoms. The molecule has 6 heteroatoms. The summed E-state index contributed by atoms with van der Waals surface area (Å²) in [5, 5.41) is 2.87. The van der Waals surface area contributed by atoms with Gasteiger partial charge in [-0.2, -0.15) is 4.31 Å². The maximum atomic E-state index is 12.4. The van der Waals surface area contributed by atoms with Gasteiger partial charge in [-0.25, -0.2) is 8.42 Å². The summed E-state index contributed by atoms with van der Waals surface area (Å²) in [6.45, 7) is 7.05. The minimum Gasteiger partial charge on any atom is -0.351 e. The molecule has 0 unspecified atom stereocenters. The minimum absolute atomic E-state index is 0.0453. The Balaban J connectivity index is 1.94. The molecule has 1 saturated carbocycles. The zero-order valence-electron chi connectivity index (χ0n) is 17.1. The van der Waals surface area contributed by atoms with Crippen LogP contribution in [0.5, 0.6) is 0 Å². The van der Waals surface area contributed by atoms with Crippen LogP contribution in [0.2, 0.25) is 0 Å². The molecule has 0 atom stereocenters. The van der Waals surface area contributed by atoms with Crippen LogP contribution in [0, 0.1) is 0 Å². The molecule has 1 aromatic carbocycles. The molecule has 0 aliphatic heterocycles. The molecule has 1 fully saturated rings. The van der Waals surface area contributed by atoms with E-state index in [1.165, 1.54) is 24.7 Å². The molecule has 0 aromatic heterocycles. The van der Waals surface area contributed by atoms with E-state index in [1.54, 1.807) is 4.31 Å². The number of rotatable bonds is 6. The van der Waals surface area contributed by atoms with Crippen LogP contribution in [-0.4, -0.2) is 44.0 Å². The Kier molecular flexibility index (Phi) is 7.46. The maximum Gasteiger partial charge on any atom is 0.251 e. The molecule has 0 saturated heterocycles. The normalized spacial score (nSPS) is 16.9. The SMILES string of the molecule is CC(C)(C)c1ccc(C(=O)NCCN(C2CCCCCC2)S(C)(=O)=O)cc1. The van der Waals surface area contributed by atoms with Crippen LogP contribution in [0.3, 0.4) is 0 Å². The Morgan fingerprint density at radius 2 is 1.63 bits per heavy atom. The van der Waals surface area contributed by atoms with E-state index in [-0.39, 0.29) is 17.4 Å². The number of nitrogens with one attached hydrogen (secondary N) is 1. The first kappa shape index (κ1) is 21.9. The van der Waals surface area contributed by atoms with Crippen LogP contribution in [0.1, 0.15) is 75.2 Å². The maximum absolute atomic E-state index is 12.4. The number of carbonyl (C=O) groups is 1. The molecule has 5 nitrogen and oxygen atoms in total. The number of carbonyl (C=O) groups excluding carboxylic acids is 1. The van der Waals surface area contributed by atoms with Crippen molar-refractivity contribution in [3.05, 3.63) is 35.4 Å². The molecule has 0 heterocycles. The van der Waals surface area contributed by atoms with Crippen LogP contribution in [0.15, 0.2) is 24.3 Å². The smallest absolute Gasteiger partial charge is 0.251 e.